The van der Waals surface area contributed by atoms with E-state index in [1.165, 1.54) is 32.4 Å². The quantitative estimate of drug-likeness (QED) is 0.352. The third-order valence-electron chi connectivity index (χ3n) is 5.76. The Morgan fingerprint density at radius 1 is 0.806 bits per heavy atom. The maximum atomic E-state index is 13.8. The van der Waals surface area contributed by atoms with Crippen molar-refractivity contribution < 1.29 is 22.7 Å². The Morgan fingerprint density at radius 2 is 1.47 bits per heavy atom. The van der Waals surface area contributed by atoms with Crippen LogP contribution in [0.2, 0.25) is 0 Å². The molecule has 0 bridgehead atoms. The predicted molar refractivity (Wildman–Crippen MR) is 143 cm³/mol. The minimum atomic E-state index is -4.13. The highest BCUT2D eigenvalue weighted by atomic mass is 32.2. The maximum Gasteiger partial charge on any atom is 0.264 e. The first-order valence-corrected chi connectivity index (χ1v) is 12.8. The van der Waals surface area contributed by atoms with Crippen molar-refractivity contribution in [1.29, 1.82) is 0 Å². The number of nitrogens with one attached hydrogen (secondary N) is 1. The number of hydrogen-bond acceptors (Lipinski definition) is 5. The number of anilines is 2. The van der Waals surface area contributed by atoms with Gasteiger partial charge in [0, 0.05) is 11.8 Å². The molecule has 1 amide bonds. The van der Waals surface area contributed by atoms with Crippen molar-refractivity contribution in [2.45, 2.75) is 18.7 Å². The summed E-state index contributed by atoms with van der Waals surface area (Å²) in [4.78, 5) is 13.1. The Bertz CT molecular complexity index is 1510. The third-order valence-corrected chi connectivity index (χ3v) is 7.53. The lowest BCUT2D eigenvalue weighted by Crippen LogP contribution is -2.38. The molecular formula is C28H28N2O5S. The van der Waals surface area contributed by atoms with Crippen LogP contribution in [0.1, 0.15) is 11.1 Å². The van der Waals surface area contributed by atoms with Crippen LogP contribution in [0, 0.1) is 13.8 Å². The molecule has 0 unspecified atom stereocenters. The summed E-state index contributed by atoms with van der Waals surface area (Å²) in [5, 5.41) is 4.85. The molecule has 0 radical (unpaired) electrons. The number of fused-ring (bicyclic) bond motifs is 1. The van der Waals surface area contributed by atoms with Gasteiger partial charge in [-0.05, 0) is 72.1 Å². The lowest BCUT2D eigenvalue weighted by atomic mass is 10.1. The summed E-state index contributed by atoms with van der Waals surface area (Å²) in [6.45, 7) is 3.35. The molecule has 0 saturated carbocycles. The van der Waals surface area contributed by atoms with E-state index in [4.69, 9.17) is 9.47 Å². The van der Waals surface area contributed by atoms with Crippen LogP contribution in [0.15, 0.2) is 83.8 Å². The fourth-order valence-electron chi connectivity index (χ4n) is 4.11. The minimum Gasteiger partial charge on any atom is -0.493 e. The maximum absolute atomic E-state index is 13.8. The number of amides is 1. The number of ether oxygens (including phenoxy) is 2. The minimum absolute atomic E-state index is 0.0159. The first kappa shape index (κ1) is 25.1. The number of aryl methyl sites for hydroxylation is 2. The topological polar surface area (TPSA) is 84.9 Å². The Hall–Kier alpha value is -4.04. The fraction of sp³-hybridized carbons (Fsp3) is 0.179. The van der Waals surface area contributed by atoms with Crippen LogP contribution in [0.25, 0.3) is 10.8 Å². The predicted octanol–water partition coefficient (Wildman–Crippen LogP) is 5.31. The molecule has 7 nitrogen and oxygen atoms in total. The molecule has 1 N–H and O–H groups in total. The van der Waals surface area contributed by atoms with Crippen molar-refractivity contribution >= 4 is 38.1 Å². The van der Waals surface area contributed by atoms with Gasteiger partial charge in [0.15, 0.2) is 11.5 Å². The van der Waals surface area contributed by atoms with Gasteiger partial charge in [-0.15, -0.1) is 0 Å². The smallest absolute Gasteiger partial charge is 0.264 e. The lowest BCUT2D eigenvalue weighted by molar-refractivity contribution is -0.114. The second-order valence-electron chi connectivity index (χ2n) is 8.48. The second-order valence-corrected chi connectivity index (χ2v) is 10.3. The monoisotopic (exact) mass is 504 g/mol. The standard InChI is InChI=1S/C28H28N2O5S/c1-19-13-20(2)15-24(14-19)30(36(32,33)25-11-12-26(34-3)27(17-25)35-4)18-28(31)29-23-10-9-21-7-5-6-8-22(21)16-23/h5-17H,18H2,1-4H3,(H,29,31). The molecule has 0 aliphatic rings. The van der Waals surface area contributed by atoms with Crippen molar-refractivity contribution in [2.24, 2.45) is 0 Å². The largest absolute Gasteiger partial charge is 0.493 e. The SMILES string of the molecule is COc1ccc(S(=O)(=O)N(CC(=O)Nc2ccc3ccccc3c2)c2cc(C)cc(C)c2)cc1OC. The molecule has 4 aromatic rings. The molecule has 4 aromatic carbocycles. The van der Waals surface area contributed by atoms with Gasteiger partial charge in [0.05, 0.1) is 24.8 Å². The molecule has 36 heavy (non-hydrogen) atoms. The van der Waals surface area contributed by atoms with Gasteiger partial charge in [-0.3, -0.25) is 9.10 Å². The van der Waals surface area contributed by atoms with Crippen LogP contribution < -0.4 is 19.1 Å². The zero-order valence-corrected chi connectivity index (χ0v) is 21.4. The summed E-state index contributed by atoms with van der Waals surface area (Å²) in [6, 6.07) is 23.2. The molecule has 0 aliphatic carbocycles. The van der Waals surface area contributed by atoms with E-state index in [0.29, 0.717) is 17.1 Å². The van der Waals surface area contributed by atoms with E-state index in [2.05, 4.69) is 5.32 Å². The Kier molecular flexibility index (Phi) is 7.17. The summed E-state index contributed by atoms with van der Waals surface area (Å²) >= 11 is 0. The van der Waals surface area contributed by atoms with Crippen LogP contribution in [0.3, 0.4) is 0 Å². The molecule has 0 atom stereocenters. The molecule has 0 spiro atoms. The number of carbonyl (C=O) groups excluding carboxylic acids is 1. The third kappa shape index (κ3) is 5.28. The fourth-order valence-corrected chi connectivity index (χ4v) is 5.53. The molecule has 0 fully saturated rings. The average Bonchev–Trinajstić information content (AvgIpc) is 2.86. The van der Waals surface area contributed by atoms with Gasteiger partial charge >= 0.3 is 0 Å². The van der Waals surface area contributed by atoms with E-state index in [0.717, 1.165) is 26.2 Å². The Balaban J connectivity index is 1.71. The van der Waals surface area contributed by atoms with E-state index >= 15 is 0 Å². The van der Waals surface area contributed by atoms with Crippen molar-refractivity contribution in [2.75, 3.05) is 30.4 Å². The zero-order chi connectivity index (χ0) is 25.9. The second kappa shape index (κ2) is 10.3. The number of methoxy groups -OCH3 is 2. The normalized spacial score (nSPS) is 11.2. The Morgan fingerprint density at radius 3 is 2.14 bits per heavy atom. The number of sulfonamides is 1. The molecule has 0 saturated heterocycles. The molecule has 4 rings (SSSR count). The Labute approximate surface area is 211 Å². The number of carbonyl (C=O) groups is 1. The molecule has 186 valence electrons. The van der Waals surface area contributed by atoms with E-state index in [1.54, 1.807) is 18.2 Å². The van der Waals surface area contributed by atoms with Gasteiger partial charge in [0.25, 0.3) is 10.0 Å². The van der Waals surface area contributed by atoms with Gasteiger partial charge in [-0.1, -0.05) is 36.4 Å². The number of rotatable bonds is 8. The van der Waals surface area contributed by atoms with Crippen LogP contribution >= 0.6 is 0 Å². The highest BCUT2D eigenvalue weighted by Gasteiger charge is 2.29. The van der Waals surface area contributed by atoms with Crippen molar-refractivity contribution in [3.8, 4) is 11.5 Å². The highest BCUT2D eigenvalue weighted by molar-refractivity contribution is 7.92. The van der Waals surface area contributed by atoms with Crippen molar-refractivity contribution in [1.82, 2.24) is 0 Å². The number of nitrogens with zero attached hydrogens (tertiary/aromatic N) is 1. The van der Waals surface area contributed by atoms with Crippen molar-refractivity contribution in [3.63, 3.8) is 0 Å². The van der Waals surface area contributed by atoms with E-state index < -0.39 is 22.5 Å². The highest BCUT2D eigenvalue weighted by Crippen LogP contribution is 2.33. The lowest BCUT2D eigenvalue weighted by Gasteiger charge is -2.25. The van der Waals surface area contributed by atoms with Crippen LogP contribution in [-0.4, -0.2) is 35.1 Å². The first-order chi connectivity index (χ1) is 17.2. The van der Waals surface area contributed by atoms with Crippen LogP contribution in [-0.2, 0) is 14.8 Å². The number of benzene rings is 4. The van der Waals surface area contributed by atoms with Crippen LogP contribution in [0.5, 0.6) is 11.5 Å². The first-order valence-electron chi connectivity index (χ1n) is 11.3. The molecule has 0 aromatic heterocycles. The molecular weight excluding hydrogens is 476 g/mol. The summed E-state index contributed by atoms with van der Waals surface area (Å²) in [5.41, 5.74) is 2.75. The molecule has 0 aliphatic heterocycles. The van der Waals surface area contributed by atoms with Gasteiger partial charge in [0.2, 0.25) is 5.91 Å². The van der Waals surface area contributed by atoms with Gasteiger partial charge in [-0.2, -0.15) is 0 Å². The summed E-state index contributed by atoms with van der Waals surface area (Å²) in [5.74, 6) is 0.219. The van der Waals surface area contributed by atoms with E-state index in [9.17, 15) is 13.2 Å². The zero-order valence-electron chi connectivity index (χ0n) is 20.6. The summed E-state index contributed by atoms with van der Waals surface area (Å²) in [7, 11) is -1.22. The van der Waals surface area contributed by atoms with Crippen LogP contribution in [0.4, 0.5) is 11.4 Å². The van der Waals surface area contributed by atoms with E-state index in [1.807, 2.05) is 56.3 Å². The summed E-state index contributed by atoms with van der Waals surface area (Å²) < 4.78 is 39.3. The van der Waals surface area contributed by atoms with Crippen molar-refractivity contribution in [3.05, 3.63) is 90.0 Å². The molecule has 8 heteroatoms. The summed E-state index contributed by atoms with van der Waals surface area (Å²) in [6.07, 6.45) is 0. The van der Waals surface area contributed by atoms with E-state index in [-0.39, 0.29) is 10.6 Å². The molecule has 0 heterocycles. The van der Waals surface area contributed by atoms with Gasteiger partial charge in [0.1, 0.15) is 6.54 Å². The van der Waals surface area contributed by atoms with Gasteiger partial charge < -0.3 is 14.8 Å². The van der Waals surface area contributed by atoms with Gasteiger partial charge in [-0.25, -0.2) is 8.42 Å². The average molecular weight is 505 g/mol. The number of hydrogen-bond donors (Lipinski definition) is 1.